The van der Waals surface area contributed by atoms with E-state index in [1.807, 2.05) is 20.8 Å². The predicted octanol–water partition coefficient (Wildman–Crippen LogP) is 0.700. The molecule has 5 heteroatoms. The van der Waals surface area contributed by atoms with Crippen molar-refractivity contribution in [2.45, 2.75) is 39.7 Å². The van der Waals surface area contributed by atoms with Crippen molar-refractivity contribution in [1.29, 1.82) is 0 Å². The fourth-order valence-corrected chi connectivity index (χ4v) is 1.96. The van der Waals surface area contributed by atoms with Gasteiger partial charge in [0.2, 0.25) is 0 Å². The Kier molecular flexibility index (Phi) is 4.74. The van der Waals surface area contributed by atoms with Crippen molar-refractivity contribution in [2.75, 3.05) is 6.54 Å². The van der Waals surface area contributed by atoms with Crippen molar-refractivity contribution >= 4 is 10.2 Å². The molecule has 0 saturated heterocycles. The van der Waals surface area contributed by atoms with Gasteiger partial charge in [-0.1, -0.05) is 13.3 Å². The van der Waals surface area contributed by atoms with Crippen LogP contribution in [0.15, 0.2) is 0 Å². The van der Waals surface area contributed by atoms with Gasteiger partial charge < -0.3 is 0 Å². The largest absolute Gasteiger partial charge is 0.277 e. The molecular formula is C7H18N2O2S. The molecule has 4 nitrogen and oxygen atoms in total. The number of nitrogens with two attached hydrogens (primary N) is 1. The second-order valence-electron chi connectivity index (χ2n) is 3.10. The topological polar surface area (TPSA) is 63.4 Å². The fraction of sp³-hybridized carbons (Fsp3) is 1.00. The second-order valence-corrected chi connectivity index (χ2v) is 4.60. The van der Waals surface area contributed by atoms with E-state index in [2.05, 4.69) is 0 Å². The monoisotopic (exact) mass is 194 g/mol. The van der Waals surface area contributed by atoms with Crippen LogP contribution in [0.1, 0.15) is 33.6 Å². The minimum atomic E-state index is -3.50. The van der Waals surface area contributed by atoms with Crippen molar-refractivity contribution in [3.8, 4) is 0 Å². The van der Waals surface area contributed by atoms with Crippen molar-refractivity contribution in [3.05, 3.63) is 0 Å². The van der Waals surface area contributed by atoms with E-state index in [0.717, 1.165) is 12.8 Å². The summed E-state index contributed by atoms with van der Waals surface area (Å²) in [5.41, 5.74) is 0. The number of rotatable bonds is 5. The molecule has 0 heterocycles. The third-order valence-corrected chi connectivity index (χ3v) is 2.89. The maximum Gasteiger partial charge on any atom is 0.277 e. The van der Waals surface area contributed by atoms with E-state index in [0.29, 0.717) is 6.54 Å². The van der Waals surface area contributed by atoms with Gasteiger partial charge in [0, 0.05) is 12.6 Å². The molecule has 0 aliphatic heterocycles. The van der Waals surface area contributed by atoms with E-state index in [-0.39, 0.29) is 6.04 Å². The van der Waals surface area contributed by atoms with Crippen LogP contribution in [0.3, 0.4) is 0 Å². The normalized spacial score (nSPS) is 12.8. The second kappa shape index (κ2) is 4.79. The van der Waals surface area contributed by atoms with Gasteiger partial charge in [-0.2, -0.15) is 12.7 Å². The van der Waals surface area contributed by atoms with Gasteiger partial charge in [0.25, 0.3) is 10.2 Å². The molecule has 0 spiro atoms. The Morgan fingerprint density at radius 2 is 1.92 bits per heavy atom. The highest BCUT2D eigenvalue weighted by Crippen LogP contribution is 2.04. The Labute approximate surface area is 74.9 Å². The van der Waals surface area contributed by atoms with Gasteiger partial charge in [-0.3, -0.25) is 0 Å². The number of unbranched alkanes of at least 4 members (excludes halogenated alkanes) is 1. The highest BCUT2D eigenvalue weighted by Gasteiger charge is 2.19. The van der Waals surface area contributed by atoms with E-state index in [1.165, 1.54) is 4.31 Å². The van der Waals surface area contributed by atoms with Gasteiger partial charge in [-0.25, -0.2) is 5.14 Å². The van der Waals surface area contributed by atoms with Crippen LogP contribution in [-0.2, 0) is 10.2 Å². The molecule has 0 atom stereocenters. The van der Waals surface area contributed by atoms with Crippen LogP contribution < -0.4 is 5.14 Å². The Bertz CT molecular complexity index is 211. The Balaban J connectivity index is 4.26. The van der Waals surface area contributed by atoms with Gasteiger partial charge >= 0.3 is 0 Å². The van der Waals surface area contributed by atoms with Crippen LogP contribution in [-0.4, -0.2) is 25.3 Å². The first-order chi connectivity index (χ1) is 5.39. The number of nitrogens with zero attached hydrogens (tertiary/aromatic N) is 1. The Morgan fingerprint density at radius 3 is 2.17 bits per heavy atom. The van der Waals surface area contributed by atoms with Gasteiger partial charge in [0.1, 0.15) is 0 Å². The smallest absolute Gasteiger partial charge is 0.216 e. The van der Waals surface area contributed by atoms with Gasteiger partial charge in [0.05, 0.1) is 0 Å². The van der Waals surface area contributed by atoms with Crippen LogP contribution in [0, 0.1) is 0 Å². The highest BCUT2D eigenvalue weighted by atomic mass is 32.2. The summed E-state index contributed by atoms with van der Waals surface area (Å²) in [5, 5.41) is 5.02. The molecule has 0 aromatic rings. The van der Waals surface area contributed by atoms with E-state index >= 15 is 0 Å². The van der Waals surface area contributed by atoms with E-state index in [4.69, 9.17) is 5.14 Å². The van der Waals surface area contributed by atoms with Crippen molar-refractivity contribution in [1.82, 2.24) is 4.31 Å². The Hall–Kier alpha value is -0.130. The van der Waals surface area contributed by atoms with Gasteiger partial charge in [-0.15, -0.1) is 0 Å². The Morgan fingerprint density at radius 1 is 1.42 bits per heavy atom. The maximum absolute atomic E-state index is 11.0. The summed E-state index contributed by atoms with van der Waals surface area (Å²) in [7, 11) is -3.50. The lowest BCUT2D eigenvalue weighted by Gasteiger charge is -2.22. The first-order valence-corrected chi connectivity index (χ1v) is 5.69. The zero-order valence-corrected chi connectivity index (χ0v) is 8.76. The fourth-order valence-electron chi connectivity index (χ4n) is 0.993. The number of hydrogen-bond donors (Lipinski definition) is 1. The summed E-state index contributed by atoms with van der Waals surface area (Å²) in [6.45, 7) is 6.18. The molecule has 0 aliphatic rings. The standard InChI is InChI=1S/C7H18N2O2S/c1-4-5-6-9(7(2)3)12(8,10)11/h7H,4-6H2,1-3H3,(H2,8,10,11). The average Bonchev–Trinajstić information content (AvgIpc) is 1.84. The molecule has 0 saturated carbocycles. The molecule has 0 aromatic carbocycles. The molecule has 0 unspecified atom stereocenters. The van der Waals surface area contributed by atoms with Crippen LogP contribution in [0.5, 0.6) is 0 Å². The van der Waals surface area contributed by atoms with Gasteiger partial charge in [0.15, 0.2) is 0 Å². The van der Waals surface area contributed by atoms with E-state index < -0.39 is 10.2 Å². The third kappa shape index (κ3) is 4.04. The first kappa shape index (κ1) is 11.9. The average molecular weight is 194 g/mol. The molecule has 74 valence electrons. The highest BCUT2D eigenvalue weighted by molar-refractivity contribution is 7.86. The lowest BCUT2D eigenvalue weighted by Crippen LogP contribution is -2.41. The lowest BCUT2D eigenvalue weighted by atomic mass is 10.3. The molecule has 0 rings (SSSR count). The molecule has 0 aromatic heterocycles. The van der Waals surface area contributed by atoms with E-state index in [9.17, 15) is 8.42 Å². The van der Waals surface area contributed by atoms with Crippen molar-refractivity contribution in [2.24, 2.45) is 5.14 Å². The van der Waals surface area contributed by atoms with Crippen LogP contribution >= 0.6 is 0 Å². The van der Waals surface area contributed by atoms with Crippen molar-refractivity contribution in [3.63, 3.8) is 0 Å². The minimum Gasteiger partial charge on any atom is -0.216 e. The zero-order chi connectivity index (χ0) is 9.78. The van der Waals surface area contributed by atoms with Crippen LogP contribution in [0.25, 0.3) is 0 Å². The summed E-state index contributed by atoms with van der Waals surface area (Å²) in [6.07, 6.45) is 1.83. The summed E-state index contributed by atoms with van der Waals surface area (Å²) >= 11 is 0. The molecular weight excluding hydrogens is 176 g/mol. The molecule has 12 heavy (non-hydrogen) atoms. The van der Waals surface area contributed by atoms with Crippen molar-refractivity contribution < 1.29 is 8.42 Å². The van der Waals surface area contributed by atoms with Crippen LogP contribution in [0.2, 0.25) is 0 Å². The summed E-state index contributed by atoms with van der Waals surface area (Å²) in [5.74, 6) is 0. The molecule has 0 aliphatic carbocycles. The predicted molar refractivity (Wildman–Crippen MR) is 49.9 cm³/mol. The molecule has 0 amide bonds. The molecule has 0 bridgehead atoms. The summed E-state index contributed by atoms with van der Waals surface area (Å²) in [6, 6.07) is -0.0495. The quantitative estimate of drug-likeness (QED) is 0.700. The van der Waals surface area contributed by atoms with E-state index in [1.54, 1.807) is 0 Å². The maximum atomic E-state index is 11.0. The zero-order valence-electron chi connectivity index (χ0n) is 7.95. The number of hydrogen-bond acceptors (Lipinski definition) is 2. The van der Waals surface area contributed by atoms with Gasteiger partial charge in [-0.05, 0) is 20.3 Å². The molecule has 0 fully saturated rings. The lowest BCUT2D eigenvalue weighted by molar-refractivity contribution is 0.348. The minimum absolute atomic E-state index is 0.0495. The molecule has 0 radical (unpaired) electrons. The van der Waals surface area contributed by atoms with Crippen LogP contribution in [0.4, 0.5) is 0 Å². The summed E-state index contributed by atoms with van der Waals surface area (Å²) in [4.78, 5) is 0. The summed E-state index contributed by atoms with van der Waals surface area (Å²) < 4.78 is 23.3. The molecule has 2 N–H and O–H groups in total. The first-order valence-electron chi connectivity index (χ1n) is 4.19. The third-order valence-electron chi connectivity index (χ3n) is 1.63. The SMILES string of the molecule is CCCCN(C(C)C)S(N)(=O)=O.